The highest BCUT2D eigenvalue weighted by atomic mass is 32.2. The molecule has 0 bridgehead atoms. The van der Waals surface area contributed by atoms with E-state index in [1.807, 2.05) is 35.9 Å². The minimum absolute atomic E-state index is 0.334. The van der Waals surface area contributed by atoms with Crippen LogP contribution in [0, 0.1) is 6.92 Å². The highest BCUT2D eigenvalue weighted by Crippen LogP contribution is 2.29. The van der Waals surface area contributed by atoms with E-state index < -0.39 is 0 Å². The number of hydrogen-bond donors (Lipinski definition) is 0. The number of rotatable bonds is 5. The number of aryl methyl sites for hydroxylation is 2. The summed E-state index contributed by atoms with van der Waals surface area (Å²) in [5.41, 5.74) is 4.28. The fraction of sp³-hybridized carbons (Fsp3) is 0.368. The van der Waals surface area contributed by atoms with E-state index in [0.717, 1.165) is 42.6 Å². The SMILES string of the molecule is COC(=O)c1c(CSc2nnc(-c3cccc(C)c3)o2)nn2c1CCCC2. The van der Waals surface area contributed by atoms with Crippen molar-refractivity contribution in [3.05, 3.63) is 46.8 Å². The number of benzene rings is 1. The van der Waals surface area contributed by atoms with E-state index in [1.54, 1.807) is 0 Å². The third-order valence-corrected chi connectivity index (χ3v) is 5.39. The molecular weight excluding hydrogens is 364 g/mol. The van der Waals surface area contributed by atoms with Crippen molar-refractivity contribution in [2.75, 3.05) is 7.11 Å². The van der Waals surface area contributed by atoms with Crippen LogP contribution in [0.15, 0.2) is 33.9 Å². The van der Waals surface area contributed by atoms with Crippen molar-refractivity contribution in [1.82, 2.24) is 20.0 Å². The Bertz CT molecular complexity index is 979. The Balaban J connectivity index is 1.54. The fourth-order valence-electron chi connectivity index (χ4n) is 3.28. The predicted octanol–water partition coefficient (Wildman–Crippen LogP) is 3.66. The first kappa shape index (κ1) is 17.8. The average Bonchev–Trinajstić information content (AvgIpc) is 3.30. The number of hydrogen-bond acceptors (Lipinski definition) is 7. The lowest BCUT2D eigenvalue weighted by Gasteiger charge is -2.13. The zero-order valence-electron chi connectivity index (χ0n) is 15.3. The maximum atomic E-state index is 12.3. The van der Waals surface area contributed by atoms with Crippen molar-refractivity contribution in [1.29, 1.82) is 0 Å². The molecule has 2 aromatic heterocycles. The molecule has 1 aliphatic rings. The van der Waals surface area contributed by atoms with Crippen LogP contribution in [0.5, 0.6) is 0 Å². The maximum absolute atomic E-state index is 12.3. The molecule has 1 aromatic carbocycles. The lowest BCUT2D eigenvalue weighted by molar-refractivity contribution is 0.0598. The molecule has 0 saturated heterocycles. The number of carbonyl (C=O) groups is 1. The van der Waals surface area contributed by atoms with Gasteiger partial charge in [0.2, 0.25) is 5.89 Å². The molecule has 0 atom stereocenters. The van der Waals surface area contributed by atoms with Gasteiger partial charge in [0.05, 0.1) is 18.5 Å². The number of ether oxygens (including phenoxy) is 1. The summed E-state index contributed by atoms with van der Waals surface area (Å²) >= 11 is 1.37. The first-order valence-electron chi connectivity index (χ1n) is 8.86. The predicted molar refractivity (Wildman–Crippen MR) is 101 cm³/mol. The monoisotopic (exact) mass is 384 g/mol. The Morgan fingerprint density at radius 1 is 1.33 bits per heavy atom. The van der Waals surface area contributed by atoms with Crippen LogP contribution >= 0.6 is 11.8 Å². The van der Waals surface area contributed by atoms with Gasteiger partial charge in [-0.25, -0.2) is 4.79 Å². The van der Waals surface area contributed by atoms with E-state index in [4.69, 9.17) is 9.15 Å². The number of aromatic nitrogens is 4. The molecule has 8 heteroatoms. The van der Waals surface area contributed by atoms with E-state index in [1.165, 1.54) is 18.9 Å². The van der Waals surface area contributed by atoms with Crippen molar-refractivity contribution >= 4 is 17.7 Å². The van der Waals surface area contributed by atoms with Gasteiger partial charge < -0.3 is 9.15 Å². The molecule has 0 N–H and O–H groups in total. The maximum Gasteiger partial charge on any atom is 0.341 e. The van der Waals surface area contributed by atoms with Gasteiger partial charge in [-0.3, -0.25) is 4.68 Å². The van der Waals surface area contributed by atoms with Gasteiger partial charge in [-0.2, -0.15) is 5.10 Å². The summed E-state index contributed by atoms with van der Waals surface area (Å²) < 4.78 is 12.7. The molecule has 7 nitrogen and oxygen atoms in total. The number of fused-ring (bicyclic) bond motifs is 1. The molecule has 0 radical (unpaired) electrons. The zero-order valence-corrected chi connectivity index (χ0v) is 16.1. The molecule has 0 aliphatic carbocycles. The molecule has 3 aromatic rings. The molecule has 0 fully saturated rings. The first-order chi connectivity index (χ1) is 13.2. The molecule has 0 spiro atoms. The molecule has 27 heavy (non-hydrogen) atoms. The summed E-state index contributed by atoms with van der Waals surface area (Å²) in [6.07, 6.45) is 2.98. The highest BCUT2D eigenvalue weighted by molar-refractivity contribution is 7.98. The molecule has 4 rings (SSSR count). The van der Waals surface area contributed by atoms with E-state index in [-0.39, 0.29) is 5.97 Å². The van der Waals surface area contributed by atoms with Crippen molar-refractivity contribution < 1.29 is 13.9 Å². The summed E-state index contributed by atoms with van der Waals surface area (Å²) in [5, 5.41) is 13.3. The van der Waals surface area contributed by atoms with Gasteiger partial charge in [-0.05, 0) is 38.3 Å². The minimum Gasteiger partial charge on any atom is -0.465 e. The van der Waals surface area contributed by atoms with Crippen molar-refractivity contribution in [2.45, 2.75) is 43.7 Å². The highest BCUT2D eigenvalue weighted by Gasteiger charge is 2.26. The topological polar surface area (TPSA) is 83.0 Å². The van der Waals surface area contributed by atoms with Crippen LogP contribution in [0.4, 0.5) is 0 Å². The lowest BCUT2D eigenvalue weighted by Crippen LogP contribution is -2.14. The van der Waals surface area contributed by atoms with Crippen LogP contribution in [0.1, 0.15) is 40.2 Å². The van der Waals surface area contributed by atoms with Crippen LogP contribution in [-0.2, 0) is 23.5 Å². The Labute approximate surface area is 161 Å². The second-order valence-electron chi connectivity index (χ2n) is 6.47. The zero-order chi connectivity index (χ0) is 18.8. The molecular formula is C19H20N4O3S. The quantitative estimate of drug-likeness (QED) is 0.490. The second-order valence-corrected chi connectivity index (χ2v) is 7.40. The number of methoxy groups -OCH3 is 1. The minimum atomic E-state index is -0.334. The van der Waals surface area contributed by atoms with Crippen LogP contribution in [0.3, 0.4) is 0 Å². The van der Waals surface area contributed by atoms with Crippen LogP contribution in [0.25, 0.3) is 11.5 Å². The smallest absolute Gasteiger partial charge is 0.341 e. The van der Waals surface area contributed by atoms with Crippen molar-refractivity contribution in [2.24, 2.45) is 0 Å². The first-order valence-corrected chi connectivity index (χ1v) is 9.84. The summed E-state index contributed by atoms with van der Waals surface area (Å²) in [7, 11) is 1.40. The number of esters is 1. The third kappa shape index (κ3) is 3.62. The Hall–Kier alpha value is -2.61. The number of nitrogens with zero attached hydrogens (tertiary/aromatic N) is 4. The van der Waals surface area contributed by atoms with Crippen LogP contribution < -0.4 is 0 Å². The van der Waals surface area contributed by atoms with Crippen molar-refractivity contribution in [3.8, 4) is 11.5 Å². The average molecular weight is 384 g/mol. The van der Waals surface area contributed by atoms with E-state index in [0.29, 0.717) is 28.1 Å². The molecule has 0 saturated carbocycles. The van der Waals surface area contributed by atoms with Crippen LogP contribution in [-0.4, -0.2) is 33.1 Å². The molecule has 140 valence electrons. The number of thioether (sulfide) groups is 1. The molecule has 0 amide bonds. The summed E-state index contributed by atoms with van der Waals surface area (Å²) in [6.45, 7) is 2.85. The fourth-order valence-corrected chi connectivity index (χ4v) is 3.98. The van der Waals surface area contributed by atoms with Gasteiger partial charge in [-0.1, -0.05) is 29.5 Å². The van der Waals surface area contributed by atoms with E-state index in [2.05, 4.69) is 15.3 Å². The van der Waals surface area contributed by atoms with Crippen LogP contribution in [0.2, 0.25) is 0 Å². The molecule has 0 unspecified atom stereocenters. The Kier molecular flexibility index (Phi) is 4.98. The lowest BCUT2D eigenvalue weighted by atomic mass is 10.1. The van der Waals surface area contributed by atoms with E-state index in [9.17, 15) is 4.79 Å². The van der Waals surface area contributed by atoms with E-state index >= 15 is 0 Å². The Morgan fingerprint density at radius 3 is 3.04 bits per heavy atom. The number of carbonyl (C=O) groups excluding carboxylic acids is 1. The normalized spacial score (nSPS) is 13.4. The van der Waals surface area contributed by atoms with Gasteiger partial charge >= 0.3 is 5.97 Å². The standard InChI is InChI=1S/C19H20N4O3S/c1-12-6-5-7-13(10-12)17-20-21-19(26-17)27-11-14-16(18(24)25-2)15-8-3-4-9-23(15)22-14/h5-7,10H,3-4,8-9,11H2,1-2H3. The largest absolute Gasteiger partial charge is 0.465 e. The molecule has 3 heterocycles. The van der Waals surface area contributed by atoms with Gasteiger partial charge in [0.1, 0.15) is 5.56 Å². The van der Waals surface area contributed by atoms with Crippen molar-refractivity contribution in [3.63, 3.8) is 0 Å². The van der Waals surface area contributed by atoms with Gasteiger partial charge in [0, 0.05) is 17.9 Å². The van der Waals surface area contributed by atoms with Gasteiger partial charge in [-0.15, -0.1) is 10.2 Å². The summed E-state index contributed by atoms with van der Waals surface area (Å²) in [5.74, 6) is 0.623. The Morgan fingerprint density at radius 2 is 2.22 bits per heavy atom. The summed E-state index contributed by atoms with van der Waals surface area (Å²) in [6, 6.07) is 7.92. The second kappa shape index (κ2) is 7.56. The molecule has 1 aliphatic heterocycles. The van der Waals surface area contributed by atoms with Gasteiger partial charge in [0.15, 0.2) is 0 Å². The van der Waals surface area contributed by atoms with Gasteiger partial charge in [0.25, 0.3) is 5.22 Å². The summed E-state index contributed by atoms with van der Waals surface area (Å²) in [4.78, 5) is 12.3. The third-order valence-electron chi connectivity index (χ3n) is 4.56.